The average Bonchev–Trinajstić information content (AvgIpc) is 3.25. The number of piperidine rings is 1. The van der Waals surface area contributed by atoms with Crippen LogP contribution in [-0.2, 0) is 14.3 Å². The number of carbonyl (C=O) groups is 2. The van der Waals surface area contributed by atoms with E-state index < -0.39 is 5.41 Å². The molecule has 2 unspecified atom stereocenters. The van der Waals surface area contributed by atoms with Crippen LogP contribution in [0.15, 0.2) is 0 Å². The minimum atomic E-state index is -0.404. The molecule has 6 heteroatoms. The molecule has 3 N–H and O–H groups in total. The van der Waals surface area contributed by atoms with Crippen LogP contribution in [0.4, 0.5) is 0 Å². The zero-order valence-corrected chi connectivity index (χ0v) is 10.6. The van der Waals surface area contributed by atoms with Gasteiger partial charge in [0.2, 0.25) is 11.8 Å². The molecule has 0 bridgehead atoms. The lowest BCUT2D eigenvalue weighted by Crippen LogP contribution is -2.35. The predicted octanol–water partition coefficient (Wildman–Crippen LogP) is -1.22. The molecule has 0 aromatic carbocycles. The molecule has 2 heterocycles. The second kappa shape index (κ2) is 3.70. The van der Waals surface area contributed by atoms with Crippen molar-refractivity contribution in [1.82, 2.24) is 10.6 Å². The molecule has 0 aromatic rings. The third kappa shape index (κ3) is 1.63. The Bertz CT molecular complexity index is 454. The van der Waals surface area contributed by atoms with Crippen molar-refractivity contribution in [2.75, 3.05) is 13.2 Å². The molecule has 4 fully saturated rings. The first kappa shape index (κ1) is 11.7. The normalized spacial score (nSPS) is 50.1. The fraction of sp³-hybridized carbons (Fsp3) is 0.846. The highest BCUT2D eigenvalue weighted by Gasteiger charge is 2.65. The molecule has 2 saturated carbocycles. The Morgan fingerprint density at radius 2 is 2.16 bits per heavy atom. The molecule has 6 atom stereocenters. The van der Waals surface area contributed by atoms with E-state index in [1.807, 2.05) is 0 Å². The zero-order chi connectivity index (χ0) is 13.2. The Kier molecular flexibility index (Phi) is 2.27. The van der Waals surface area contributed by atoms with Crippen molar-refractivity contribution in [2.24, 2.45) is 17.3 Å². The predicted molar refractivity (Wildman–Crippen MR) is 64.0 cm³/mol. The minimum absolute atomic E-state index is 0.0105. The second-order valence-corrected chi connectivity index (χ2v) is 6.36. The summed E-state index contributed by atoms with van der Waals surface area (Å²) in [5.41, 5.74) is -0.404. The van der Waals surface area contributed by atoms with E-state index in [1.165, 1.54) is 0 Å². The molecule has 0 radical (unpaired) electrons. The minimum Gasteiger partial charge on any atom is -0.394 e. The van der Waals surface area contributed by atoms with Crippen LogP contribution < -0.4 is 10.6 Å². The summed E-state index contributed by atoms with van der Waals surface area (Å²) in [6.07, 6.45) is 2.35. The van der Waals surface area contributed by atoms with Crippen LogP contribution in [0.25, 0.3) is 0 Å². The first-order chi connectivity index (χ1) is 9.14. The van der Waals surface area contributed by atoms with E-state index >= 15 is 0 Å². The lowest BCUT2D eigenvalue weighted by Gasteiger charge is -2.14. The third-order valence-corrected chi connectivity index (χ3v) is 5.12. The van der Waals surface area contributed by atoms with E-state index in [9.17, 15) is 9.59 Å². The van der Waals surface area contributed by atoms with Gasteiger partial charge in [-0.3, -0.25) is 9.59 Å². The molecular weight excluding hydrogens is 248 g/mol. The summed E-state index contributed by atoms with van der Waals surface area (Å²) < 4.78 is 5.83. The molecule has 2 saturated heterocycles. The summed E-state index contributed by atoms with van der Waals surface area (Å²) in [7, 11) is 0. The Labute approximate surface area is 110 Å². The van der Waals surface area contributed by atoms with E-state index in [0.717, 1.165) is 12.8 Å². The van der Waals surface area contributed by atoms with Crippen molar-refractivity contribution in [2.45, 2.75) is 37.5 Å². The van der Waals surface area contributed by atoms with Gasteiger partial charge in [-0.05, 0) is 25.2 Å². The molecule has 19 heavy (non-hydrogen) atoms. The fourth-order valence-corrected chi connectivity index (χ4v) is 3.71. The highest BCUT2D eigenvalue weighted by molar-refractivity contribution is 5.89. The van der Waals surface area contributed by atoms with Gasteiger partial charge in [0.05, 0.1) is 36.8 Å². The summed E-state index contributed by atoms with van der Waals surface area (Å²) in [5, 5.41) is 14.8. The first-order valence-electron chi connectivity index (χ1n) is 6.98. The smallest absolute Gasteiger partial charge is 0.229 e. The van der Waals surface area contributed by atoms with Crippen LogP contribution in [0.5, 0.6) is 0 Å². The Morgan fingerprint density at radius 1 is 1.32 bits per heavy atom. The SMILES string of the molecule is O=C1N[C@H](COC2CC23C[C@@H](CO)NC3=O)[C@H]2C[C@@H]12. The summed E-state index contributed by atoms with van der Waals surface area (Å²) in [4.78, 5) is 23.3. The molecule has 1 spiro atoms. The van der Waals surface area contributed by atoms with E-state index in [1.54, 1.807) is 0 Å². The van der Waals surface area contributed by atoms with Gasteiger partial charge in [0, 0.05) is 5.92 Å². The van der Waals surface area contributed by atoms with Gasteiger partial charge >= 0.3 is 0 Å². The van der Waals surface area contributed by atoms with Crippen LogP contribution in [0, 0.1) is 17.3 Å². The summed E-state index contributed by atoms with van der Waals surface area (Å²) in [5.74, 6) is 0.833. The molecule has 4 rings (SSSR count). The zero-order valence-electron chi connectivity index (χ0n) is 10.6. The van der Waals surface area contributed by atoms with E-state index in [-0.39, 0.29) is 42.5 Å². The largest absolute Gasteiger partial charge is 0.394 e. The Morgan fingerprint density at radius 3 is 2.74 bits per heavy atom. The van der Waals surface area contributed by atoms with Crippen LogP contribution in [-0.4, -0.2) is 48.3 Å². The van der Waals surface area contributed by atoms with Crippen LogP contribution >= 0.6 is 0 Å². The highest BCUT2D eigenvalue weighted by atomic mass is 16.5. The van der Waals surface area contributed by atoms with Gasteiger partial charge < -0.3 is 20.5 Å². The molecule has 6 nitrogen and oxygen atoms in total. The van der Waals surface area contributed by atoms with Gasteiger partial charge in [-0.15, -0.1) is 0 Å². The van der Waals surface area contributed by atoms with Crippen molar-refractivity contribution in [3.8, 4) is 0 Å². The standard InChI is InChI=1S/C13H18N2O4/c16-4-6-2-13(12(18)14-6)3-10(13)19-5-9-7-1-8(7)11(17)15-9/h6-10,16H,1-5H2,(H,14,18)(H,15,17)/t6-,7-,8+,9+,10?,13?/m0/s1. The highest BCUT2D eigenvalue weighted by Crippen LogP contribution is 2.55. The molecule has 4 aliphatic rings. The number of rotatable bonds is 4. The fourth-order valence-electron chi connectivity index (χ4n) is 3.71. The van der Waals surface area contributed by atoms with E-state index in [0.29, 0.717) is 18.9 Å². The van der Waals surface area contributed by atoms with Gasteiger partial charge in [0.1, 0.15) is 0 Å². The summed E-state index contributed by atoms with van der Waals surface area (Å²) in [6.45, 7) is 0.499. The number of aliphatic hydroxyl groups excluding tert-OH is 1. The van der Waals surface area contributed by atoms with Crippen molar-refractivity contribution in [3.63, 3.8) is 0 Å². The van der Waals surface area contributed by atoms with Gasteiger partial charge in [-0.25, -0.2) is 0 Å². The number of aliphatic hydroxyl groups is 1. The molecule has 2 aliphatic heterocycles. The quantitative estimate of drug-likeness (QED) is 0.595. The lowest BCUT2D eigenvalue weighted by atomic mass is 10.0. The maximum Gasteiger partial charge on any atom is 0.229 e. The molecular formula is C13H18N2O4. The third-order valence-electron chi connectivity index (χ3n) is 5.12. The van der Waals surface area contributed by atoms with Crippen LogP contribution in [0.3, 0.4) is 0 Å². The van der Waals surface area contributed by atoms with Crippen LogP contribution in [0.2, 0.25) is 0 Å². The topological polar surface area (TPSA) is 87.7 Å². The lowest BCUT2D eigenvalue weighted by molar-refractivity contribution is -0.125. The number of ether oxygens (including phenoxy) is 1. The summed E-state index contributed by atoms with van der Waals surface area (Å²) in [6, 6.07) is 0.00773. The molecule has 0 aromatic heterocycles. The first-order valence-corrected chi connectivity index (χ1v) is 6.98. The Balaban J connectivity index is 1.32. The second-order valence-electron chi connectivity index (χ2n) is 6.36. The van der Waals surface area contributed by atoms with Crippen molar-refractivity contribution >= 4 is 11.8 Å². The maximum atomic E-state index is 11.9. The number of amides is 2. The van der Waals surface area contributed by atoms with Gasteiger partial charge in [0.15, 0.2) is 0 Å². The van der Waals surface area contributed by atoms with Gasteiger partial charge in [0.25, 0.3) is 0 Å². The summed E-state index contributed by atoms with van der Waals surface area (Å²) >= 11 is 0. The maximum absolute atomic E-state index is 11.9. The average molecular weight is 266 g/mol. The number of hydrogen-bond acceptors (Lipinski definition) is 4. The number of carbonyl (C=O) groups excluding carboxylic acids is 2. The van der Waals surface area contributed by atoms with E-state index in [4.69, 9.17) is 9.84 Å². The number of hydrogen-bond donors (Lipinski definition) is 3. The molecule has 2 aliphatic carbocycles. The van der Waals surface area contributed by atoms with Gasteiger partial charge in [-0.2, -0.15) is 0 Å². The number of nitrogens with one attached hydrogen (secondary N) is 2. The number of fused-ring (bicyclic) bond motifs is 1. The van der Waals surface area contributed by atoms with Crippen molar-refractivity contribution in [1.29, 1.82) is 0 Å². The van der Waals surface area contributed by atoms with Crippen molar-refractivity contribution < 1.29 is 19.4 Å². The van der Waals surface area contributed by atoms with E-state index in [2.05, 4.69) is 10.6 Å². The molecule has 104 valence electrons. The molecule has 2 amide bonds. The van der Waals surface area contributed by atoms with Crippen molar-refractivity contribution in [3.05, 3.63) is 0 Å². The van der Waals surface area contributed by atoms with Crippen LogP contribution in [0.1, 0.15) is 19.3 Å². The monoisotopic (exact) mass is 266 g/mol. The Hall–Kier alpha value is -1.14. The van der Waals surface area contributed by atoms with Gasteiger partial charge in [-0.1, -0.05) is 0 Å².